The van der Waals surface area contributed by atoms with E-state index in [4.69, 9.17) is 4.42 Å². The van der Waals surface area contributed by atoms with E-state index in [9.17, 15) is 23.1 Å². The Labute approximate surface area is 192 Å². The van der Waals surface area contributed by atoms with Gasteiger partial charge in [0, 0.05) is 19.1 Å². The van der Waals surface area contributed by atoms with Crippen LogP contribution in [0.15, 0.2) is 88.2 Å². The lowest BCUT2D eigenvalue weighted by Crippen LogP contribution is -2.42. The van der Waals surface area contributed by atoms with Gasteiger partial charge < -0.3 is 14.8 Å². The van der Waals surface area contributed by atoms with Crippen molar-refractivity contribution in [2.24, 2.45) is 0 Å². The van der Waals surface area contributed by atoms with Gasteiger partial charge in [0.1, 0.15) is 17.2 Å². The Kier molecular flexibility index (Phi) is 7.84. The highest BCUT2D eigenvalue weighted by Crippen LogP contribution is 2.17. The van der Waals surface area contributed by atoms with E-state index >= 15 is 0 Å². The molecule has 1 unspecified atom stereocenters. The predicted molar refractivity (Wildman–Crippen MR) is 125 cm³/mol. The summed E-state index contributed by atoms with van der Waals surface area (Å²) < 4.78 is 28.7. The molecule has 1 atom stereocenters. The molecule has 4 rings (SSSR count). The van der Waals surface area contributed by atoms with Gasteiger partial charge in [-0.05, 0) is 47.9 Å². The van der Waals surface area contributed by atoms with Gasteiger partial charge in [0.25, 0.3) is 0 Å². The summed E-state index contributed by atoms with van der Waals surface area (Å²) in [7, 11) is -3.38. The SMILES string of the molecule is CS(=O)(=O)c1ccccc1CCC(=O)NC(Cc1ccccc1)C(=O)O.c1cc2ccc1o2. The highest BCUT2D eigenvalue weighted by molar-refractivity contribution is 7.90. The van der Waals surface area contributed by atoms with E-state index in [-0.39, 0.29) is 24.2 Å². The van der Waals surface area contributed by atoms with E-state index in [1.54, 1.807) is 42.5 Å². The summed E-state index contributed by atoms with van der Waals surface area (Å²) in [5.41, 5.74) is 3.28. The van der Waals surface area contributed by atoms with Crippen LogP contribution < -0.4 is 5.32 Å². The quantitative estimate of drug-likeness (QED) is 0.408. The number of carboxylic acids is 1. The highest BCUT2D eigenvalue weighted by atomic mass is 32.2. The smallest absolute Gasteiger partial charge is 0.326 e. The maximum atomic E-state index is 12.2. The monoisotopic (exact) mass is 467 g/mol. The van der Waals surface area contributed by atoms with E-state index in [0.29, 0.717) is 5.56 Å². The van der Waals surface area contributed by atoms with Crippen molar-refractivity contribution in [3.05, 3.63) is 90.0 Å². The molecule has 172 valence electrons. The number of sulfone groups is 1. The zero-order valence-electron chi connectivity index (χ0n) is 18.1. The fourth-order valence-electron chi connectivity index (χ4n) is 3.35. The molecule has 2 bridgehead atoms. The first-order chi connectivity index (χ1) is 15.7. The molecule has 2 heterocycles. The minimum atomic E-state index is -3.38. The van der Waals surface area contributed by atoms with Crippen LogP contribution in [-0.4, -0.2) is 37.7 Å². The number of rotatable bonds is 8. The van der Waals surface area contributed by atoms with Gasteiger partial charge in [-0.1, -0.05) is 48.5 Å². The molecule has 8 heteroatoms. The number of aliphatic carboxylic acids is 1. The summed E-state index contributed by atoms with van der Waals surface area (Å²) >= 11 is 0. The number of amides is 1. The van der Waals surface area contributed by atoms with Crippen molar-refractivity contribution in [2.45, 2.75) is 30.2 Å². The molecule has 0 radical (unpaired) electrons. The van der Waals surface area contributed by atoms with Crippen LogP contribution in [0.4, 0.5) is 0 Å². The molecule has 0 saturated carbocycles. The van der Waals surface area contributed by atoms with Crippen LogP contribution in [0.2, 0.25) is 0 Å². The first-order valence-corrected chi connectivity index (χ1v) is 12.2. The molecule has 0 aliphatic rings. The van der Waals surface area contributed by atoms with Gasteiger partial charge in [-0.25, -0.2) is 13.2 Å². The summed E-state index contributed by atoms with van der Waals surface area (Å²) in [6.45, 7) is 0. The number of hydrogen-bond acceptors (Lipinski definition) is 5. The number of benzene rings is 3. The van der Waals surface area contributed by atoms with Crippen molar-refractivity contribution < 1.29 is 27.5 Å². The standard InChI is InChI=1S/C19H21NO5S.C6H4O/c1-26(24,25)17-10-6-5-9-15(17)11-12-18(21)20-16(19(22)23)13-14-7-3-2-4-8-14;1-2-6-4-3-5(1)7-6/h2-10,16H,11-13H2,1H3,(H,20,21)(H,22,23);1-4H. The number of carboxylic acid groups (broad SMARTS) is 1. The van der Waals surface area contributed by atoms with Crippen molar-refractivity contribution in [3.8, 4) is 0 Å². The Morgan fingerprint density at radius 3 is 2.00 bits per heavy atom. The number of hydrogen-bond donors (Lipinski definition) is 2. The molecule has 2 aromatic heterocycles. The normalized spacial score (nSPS) is 12.0. The molecule has 2 aromatic carbocycles. The summed E-state index contributed by atoms with van der Waals surface area (Å²) in [5, 5.41) is 11.8. The number of furan rings is 2. The van der Waals surface area contributed by atoms with Crippen molar-refractivity contribution in [1.82, 2.24) is 5.32 Å². The van der Waals surface area contributed by atoms with Crippen LogP contribution in [0, 0.1) is 0 Å². The maximum absolute atomic E-state index is 12.2. The Morgan fingerprint density at radius 2 is 1.48 bits per heavy atom. The lowest BCUT2D eigenvalue weighted by molar-refractivity contribution is -0.141. The lowest BCUT2D eigenvalue weighted by atomic mass is 10.1. The third kappa shape index (κ3) is 7.18. The molecule has 0 spiro atoms. The minimum absolute atomic E-state index is 0.00506. The number of carbonyl (C=O) groups is 2. The second-order valence-electron chi connectivity index (χ2n) is 7.60. The molecule has 0 aliphatic heterocycles. The average molecular weight is 468 g/mol. The van der Waals surface area contributed by atoms with Crippen molar-refractivity contribution >= 4 is 32.9 Å². The second kappa shape index (κ2) is 10.8. The zero-order valence-corrected chi connectivity index (χ0v) is 18.9. The van der Waals surface area contributed by atoms with E-state index in [1.165, 1.54) is 6.07 Å². The molecular formula is C25H25NO6S. The van der Waals surface area contributed by atoms with E-state index in [0.717, 1.165) is 23.0 Å². The van der Waals surface area contributed by atoms with Crippen LogP contribution in [0.1, 0.15) is 17.5 Å². The summed E-state index contributed by atoms with van der Waals surface area (Å²) in [6, 6.07) is 22.3. The lowest BCUT2D eigenvalue weighted by Gasteiger charge is -2.15. The van der Waals surface area contributed by atoms with Gasteiger partial charge >= 0.3 is 5.97 Å². The molecule has 0 fully saturated rings. The number of aryl methyl sites for hydroxylation is 1. The van der Waals surface area contributed by atoms with E-state index < -0.39 is 27.8 Å². The van der Waals surface area contributed by atoms with Crippen LogP contribution >= 0.6 is 0 Å². The summed E-state index contributed by atoms with van der Waals surface area (Å²) in [6.07, 6.45) is 1.52. The molecule has 0 saturated heterocycles. The van der Waals surface area contributed by atoms with Crippen molar-refractivity contribution in [1.29, 1.82) is 0 Å². The maximum Gasteiger partial charge on any atom is 0.326 e. The third-order valence-electron chi connectivity index (χ3n) is 4.97. The van der Waals surface area contributed by atoms with E-state index in [2.05, 4.69) is 5.32 Å². The molecule has 7 nitrogen and oxygen atoms in total. The third-order valence-corrected chi connectivity index (χ3v) is 6.17. The number of carbonyl (C=O) groups excluding carboxylic acids is 1. The fraction of sp³-hybridized carbons (Fsp3) is 0.200. The fourth-order valence-corrected chi connectivity index (χ4v) is 4.32. The number of nitrogens with one attached hydrogen (secondary N) is 1. The molecule has 33 heavy (non-hydrogen) atoms. The summed E-state index contributed by atoms with van der Waals surface area (Å²) in [5.74, 6) is -1.55. The Balaban J connectivity index is 0.000000364. The van der Waals surface area contributed by atoms with Crippen molar-refractivity contribution in [3.63, 3.8) is 0 Å². The molecule has 0 aliphatic carbocycles. The van der Waals surface area contributed by atoms with Crippen molar-refractivity contribution in [2.75, 3.05) is 6.26 Å². The zero-order chi connectivity index (χ0) is 23.8. The molecule has 1 amide bonds. The Morgan fingerprint density at radius 1 is 0.909 bits per heavy atom. The van der Waals surface area contributed by atoms with Gasteiger partial charge in [-0.15, -0.1) is 0 Å². The van der Waals surface area contributed by atoms with Crippen LogP contribution in [0.5, 0.6) is 0 Å². The van der Waals surface area contributed by atoms with Gasteiger partial charge in [-0.2, -0.15) is 0 Å². The van der Waals surface area contributed by atoms with Gasteiger partial charge in [0.15, 0.2) is 9.84 Å². The van der Waals surface area contributed by atoms with E-state index in [1.807, 2.05) is 30.3 Å². The molecule has 2 N–H and O–H groups in total. The largest absolute Gasteiger partial charge is 0.480 e. The predicted octanol–water partition coefficient (Wildman–Crippen LogP) is 3.71. The molecular weight excluding hydrogens is 442 g/mol. The molecule has 4 aromatic rings. The first kappa shape index (κ1) is 24.0. The highest BCUT2D eigenvalue weighted by Gasteiger charge is 2.21. The average Bonchev–Trinajstić information content (AvgIpc) is 3.44. The topological polar surface area (TPSA) is 114 Å². The summed E-state index contributed by atoms with van der Waals surface area (Å²) in [4.78, 5) is 23.8. The van der Waals surface area contributed by atoms with Gasteiger partial charge in [0.2, 0.25) is 5.91 Å². The van der Waals surface area contributed by atoms with Crippen LogP contribution in [0.3, 0.4) is 0 Å². The Hall–Kier alpha value is -3.65. The minimum Gasteiger partial charge on any atom is -0.480 e. The van der Waals surface area contributed by atoms with Gasteiger partial charge in [-0.3, -0.25) is 4.79 Å². The second-order valence-corrected chi connectivity index (χ2v) is 9.59. The van der Waals surface area contributed by atoms with Crippen LogP contribution in [-0.2, 0) is 32.3 Å². The first-order valence-electron chi connectivity index (χ1n) is 10.3. The van der Waals surface area contributed by atoms with Crippen LogP contribution in [0.25, 0.3) is 11.2 Å². The Bertz CT molecular complexity index is 1250. The number of fused-ring (bicyclic) bond motifs is 2. The van der Waals surface area contributed by atoms with Gasteiger partial charge in [0.05, 0.1) is 4.90 Å².